The monoisotopic (exact) mass is 392 g/mol. The largest absolute Gasteiger partial charge is 0.370 e. The first-order chi connectivity index (χ1) is 12.8. The van der Waals surface area contributed by atoms with Gasteiger partial charge in [0.15, 0.2) is 5.78 Å². The lowest BCUT2D eigenvalue weighted by Crippen LogP contribution is -2.62. The molecule has 0 aliphatic carbocycles. The van der Waals surface area contributed by atoms with Crippen LogP contribution in [0.3, 0.4) is 0 Å². The van der Waals surface area contributed by atoms with Crippen LogP contribution in [0.2, 0.25) is 5.02 Å². The van der Waals surface area contributed by atoms with Crippen molar-refractivity contribution in [1.29, 1.82) is 0 Å². The molecule has 0 unspecified atom stereocenters. The number of rotatable bonds is 6. The minimum absolute atomic E-state index is 0.0324. The van der Waals surface area contributed by atoms with Gasteiger partial charge in [0, 0.05) is 24.5 Å². The number of para-hydroxylation sites is 1. The maximum Gasteiger partial charge on any atom is 0.241 e. The van der Waals surface area contributed by atoms with Crippen molar-refractivity contribution in [3.05, 3.63) is 29.3 Å². The Labute approximate surface area is 166 Å². The van der Waals surface area contributed by atoms with Gasteiger partial charge in [-0.3, -0.25) is 14.5 Å². The maximum atomic E-state index is 12.8. The summed E-state index contributed by atoms with van der Waals surface area (Å²) in [5, 5.41) is 0.585. The van der Waals surface area contributed by atoms with Crippen molar-refractivity contribution in [3.63, 3.8) is 0 Å². The number of ether oxygens (including phenoxy) is 1. The van der Waals surface area contributed by atoms with Crippen molar-refractivity contribution < 1.29 is 14.3 Å². The SMILES string of the molecule is CCC[C@@H]1CO[C@@H](CCN2CC(=O)N(c3ccccc3Cl)CC2(C)C)C1=O. The number of ketones is 1. The highest BCUT2D eigenvalue weighted by Crippen LogP contribution is 2.32. The third-order valence-corrected chi connectivity index (χ3v) is 6.01. The van der Waals surface area contributed by atoms with Crippen LogP contribution < -0.4 is 4.90 Å². The Kier molecular flexibility index (Phi) is 6.24. The summed E-state index contributed by atoms with van der Waals surface area (Å²) < 4.78 is 5.73. The zero-order valence-corrected chi connectivity index (χ0v) is 17.2. The predicted octanol–water partition coefficient (Wildman–Crippen LogP) is 3.54. The van der Waals surface area contributed by atoms with Crippen molar-refractivity contribution in [2.24, 2.45) is 5.92 Å². The third kappa shape index (κ3) is 4.36. The first-order valence-corrected chi connectivity index (χ1v) is 10.2. The van der Waals surface area contributed by atoms with Gasteiger partial charge in [0.05, 0.1) is 23.9 Å². The maximum absolute atomic E-state index is 12.8. The van der Waals surface area contributed by atoms with Crippen LogP contribution >= 0.6 is 11.6 Å². The molecule has 3 rings (SSSR count). The van der Waals surface area contributed by atoms with E-state index >= 15 is 0 Å². The van der Waals surface area contributed by atoms with E-state index in [1.54, 1.807) is 11.0 Å². The average Bonchev–Trinajstić information content (AvgIpc) is 2.96. The molecule has 148 valence electrons. The van der Waals surface area contributed by atoms with Crippen LogP contribution in [0.15, 0.2) is 24.3 Å². The Bertz CT molecular complexity index is 706. The molecule has 6 heteroatoms. The molecule has 0 N–H and O–H groups in total. The third-order valence-electron chi connectivity index (χ3n) is 5.69. The van der Waals surface area contributed by atoms with Crippen LogP contribution in [0.1, 0.15) is 40.0 Å². The van der Waals surface area contributed by atoms with Gasteiger partial charge in [-0.15, -0.1) is 0 Å². The molecule has 27 heavy (non-hydrogen) atoms. The van der Waals surface area contributed by atoms with Gasteiger partial charge in [-0.05, 0) is 38.8 Å². The van der Waals surface area contributed by atoms with Crippen LogP contribution in [-0.2, 0) is 14.3 Å². The van der Waals surface area contributed by atoms with E-state index in [9.17, 15) is 9.59 Å². The Morgan fingerprint density at radius 2 is 1.96 bits per heavy atom. The minimum atomic E-state index is -0.325. The molecule has 2 aliphatic heterocycles. The second-order valence-corrected chi connectivity index (χ2v) is 8.57. The highest BCUT2D eigenvalue weighted by Gasteiger charge is 2.40. The van der Waals surface area contributed by atoms with E-state index < -0.39 is 0 Å². The molecule has 2 atom stereocenters. The summed E-state index contributed by atoms with van der Waals surface area (Å²) in [6.07, 6.45) is 2.21. The molecule has 0 bridgehead atoms. The van der Waals surface area contributed by atoms with Crippen molar-refractivity contribution in [2.75, 3.05) is 31.1 Å². The highest BCUT2D eigenvalue weighted by atomic mass is 35.5. The van der Waals surface area contributed by atoms with Crippen LogP contribution in [-0.4, -0.2) is 54.5 Å². The topological polar surface area (TPSA) is 49.9 Å². The minimum Gasteiger partial charge on any atom is -0.370 e. The summed E-state index contributed by atoms with van der Waals surface area (Å²) in [6, 6.07) is 7.44. The molecule has 2 aliphatic rings. The fraction of sp³-hybridized carbons (Fsp3) is 0.619. The first kappa shape index (κ1) is 20.3. The molecule has 0 saturated carbocycles. The number of carbonyl (C=O) groups excluding carboxylic acids is 2. The van der Waals surface area contributed by atoms with Crippen molar-refractivity contribution in [3.8, 4) is 0 Å². The number of hydrogen-bond donors (Lipinski definition) is 0. The van der Waals surface area contributed by atoms with Gasteiger partial charge in [-0.1, -0.05) is 37.1 Å². The van der Waals surface area contributed by atoms with E-state index in [1.165, 1.54) is 0 Å². The van der Waals surface area contributed by atoms with Crippen LogP contribution in [0, 0.1) is 5.92 Å². The Hall–Kier alpha value is -1.43. The van der Waals surface area contributed by atoms with E-state index in [0.29, 0.717) is 37.7 Å². The summed E-state index contributed by atoms with van der Waals surface area (Å²) in [5.74, 6) is 0.312. The van der Waals surface area contributed by atoms with E-state index in [0.717, 1.165) is 18.5 Å². The Morgan fingerprint density at radius 3 is 2.67 bits per heavy atom. The number of halogens is 1. The molecule has 2 heterocycles. The van der Waals surface area contributed by atoms with Gasteiger partial charge in [0.25, 0.3) is 0 Å². The number of benzene rings is 1. The number of carbonyl (C=O) groups is 2. The molecular formula is C21H29ClN2O3. The second-order valence-electron chi connectivity index (χ2n) is 8.16. The lowest BCUT2D eigenvalue weighted by atomic mass is 9.95. The summed E-state index contributed by atoms with van der Waals surface area (Å²) in [4.78, 5) is 29.1. The van der Waals surface area contributed by atoms with Gasteiger partial charge in [0.1, 0.15) is 6.10 Å². The van der Waals surface area contributed by atoms with Gasteiger partial charge < -0.3 is 9.64 Å². The van der Waals surface area contributed by atoms with Crippen LogP contribution in [0.5, 0.6) is 0 Å². The number of piperazine rings is 1. The van der Waals surface area contributed by atoms with Crippen LogP contribution in [0.4, 0.5) is 5.69 Å². The van der Waals surface area contributed by atoms with Crippen molar-refractivity contribution in [2.45, 2.75) is 51.7 Å². The molecule has 1 aromatic rings. The predicted molar refractivity (Wildman–Crippen MR) is 107 cm³/mol. The van der Waals surface area contributed by atoms with Gasteiger partial charge in [-0.2, -0.15) is 0 Å². The highest BCUT2D eigenvalue weighted by molar-refractivity contribution is 6.33. The molecule has 1 amide bonds. The smallest absolute Gasteiger partial charge is 0.241 e. The molecule has 0 aromatic heterocycles. The van der Waals surface area contributed by atoms with Gasteiger partial charge in [-0.25, -0.2) is 0 Å². The summed E-state index contributed by atoms with van der Waals surface area (Å²) in [6.45, 7) is 8.43. The Balaban J connectivity index is 1.63. The standard InChI is InChI=1S/C21H29ClN2O3/c1-4-7-15-13-27-18(20(15)26)10-11-23-12-19(25)24(14-21(23,2)3)17-9-6-5-8-16(17)22/h5-6,8-9,15,18H,4,7,10-14H2,1-3H3/t15-,18+/m1/s1. The lowest BCUT2D eigenvalue weighted by Gasteiger charge is -2.47. The Morgan fingerprint density at radius 1 is 1.22 bits per heavy atom. The van der Waals surface area contributed by atoms with Gasteiger partial charge in [0.2, 0.25) is 5.91 Å². The van der Waals surface area contributed by atoms with E-state index in [2.05, 4.69) is 25.7 Å². The molecular weight excluding hydrogens is 364 g/mol. The number of hydrogen-bond acceptors (Lipinski definition) is 4. The molecule has 2 fully saturated rings. The summed E-state index contributed by atoms with van der Waals surface area (Å²) >= 11 is 6.29. The summed E-state index contributed by atoms with van der Waals surface area (Å²) in [5.41, 5.74) is 0.547. The zero-order chi connectivity index (χ0) is 19.6. The zero-order valence-electron chi connectivity index (χ0n) is 16.4. The fourth-order valence-corrected chi connectivity index (χ4v) is 4.28. The van der Waals surface area contributed by atoms with E-state index in [4.69, 9.17) is 16.3 Å². The fourth-order valence-electron chi connectivity index (χ4n) is 4.04. The number of anilines is 1. The van der Waals surface area contributed by atoms with Crippen molar-refractivity contribution in [1.82, 2.24) is 4.90 Å². The lowest BCUT2D eigenvalue weighted by molar-refractivity contribution is -0.126. The quantitative estimate of drug-likeness (QED) is 0.743. The second kappa shape index (κ2) is 8.29. The molecule has 0 spiro atoms. The normalized spacial score (nSPS) is 26.0. The first-order valence-electron chi connectivity index (χ1n) is 9.78. The van der Waals surface area contributed by atoms with Crippen molar-refractivity contribution >= 4 is 29.0 Å². The number of amides is 1. The van der Waals surface area contributed by atoms with Crippen LogP contribution in [0.25, 0.3) is 0 Å². The van der Waals surface area contributed by atoms with Gasteiger partial charge >= 0.3 is 0 Å². The number of nitrogens with zero attached hydrogens (tertiary/aromatic N) is 2. The average molecular weight is 393 g/mol. The molecule has 2 saturated heterocycles. The molecule has 5 nitrogen and oxygen atoms in total. The number of Topliss-reactive ketones (excluding diaryl/α,β-unsaturated/α-hetero) is 1. The van der Waals surface area contributed by atoms with E-state index in [1.807, 2.05) is 18.2 Å². The molecule has 0 radical (unpaired) electrons. The molecule has 1 aromatic carbocycles. The van der Waals surface area contributed by atoms with E-state index in [-0.39, 0.29) is 29.3 Å². The summed E-state index contributed by atoms with van der Waals surface area (Å²) in [7, 11) is 0.